The number of benzene rings is 1. The first-order valence-electron chi connectivity index (χ1n) is 7.53. The molecule has 1 aromatic carbocycles. The van der Waals surface area contributed by atoms with Gasteiger partial charge in [-0.15, -0.1) is 0 Å². The number of H-pyrrole nitrogens is 1. The minimum Gasteiger partial charge on any atom is -0.486 e. The number of aromatic nitrogens is 1. The lowest BCUT2D eigenvalue weighted by Crippen LogP contribution is -2.41. The average Bonchev–Trinajstić information content (AvgIpc) is 3.12. The Balaban J connectivity index is 1.71. The molecule has 3 rings (SSSR count). The molecule has 25 heavy (non-hydrogen) atoms. The van der Waals surface area contributed by atoms with Crippen molar-refractivity contribution in [3.63, 3.8) is 0 Å². The molecule has 0 unspecified atom stereocenters. The first-order valence-corrected chi connectivity index (χ1v) is 8.97. The number of sulfonamides is 1. The minimum atomic E-state index is -3.78. The lowest BCUT2D eigenvalue weighted by atomic mass is 10.2. The molecule has 1 aliphatic rings. The third kappa shape index (κ3) is 3.47. The monoisotopic (exact) mass is 366 g/mol. The smallest absolute Gasteiger partial charge is 0.354 e. The number of hydrogen-bond donors (Lipinski definition) is 1. The fraction of sp³-hybridized carbons (Fsp3) is 0.312. The molecule has 0 spiro atoms. The van der Waals surface area contributed by atoms with Crippen LogP contribution in [0.25, 0.3) is 0 Å². The van der Waals surface area contributed by atoms with Crippen molar-refractivity contribution in [1.82, 2.24) is 9.29 Å². The SMILES string of the molecule is COC(=O)c1cc(S(=O)(=O)N(C)C[C@H]2COc3ccccc3O2)c[nH]1. The van der Waals surface area contributed by atoms with Crippen molar-refractivity contribution in [3.8, 4) is 11.5 Å². The van der Waals surface area contributed by atoms with Gasteiger partial charge in [0.1, 0.15) is 23.3 Å². The lowest BCUT2D eigenvalue weighted by molar-refractivity contribution is 0.0594. The van der Waals surface area contributed by atoms with Crippen molar-refractivity contribution in [1.29, 1.82) is 0 Å². The summed E-state index contributed by atoms with van der Waals surface area (Å²) in [7, 11) is -1.11. The maximum absolute atomic E-state index is 12.6. The van der Waals surface area contributed by atoms with Crippen LogP contribution in [0.15, 0.2) is 41.4 Å². The standard InChI is InChI=1S/C16H18N2O6S/c1-18(9-11-10-23-14-5-3-4-6-15(14)24-11)25(20,21)12-7-13(17-8-12)16(19)22-2/h3-8,11,17H,9-10H2,1-2H3/t11-/m0/s1. The van der Waals surface area contributed by atoms with Gasteiger partial charge >= 0.3 is 5.97 Å². The largest absolute Gasteiger partial charge is 0.486 e. The number of rotatable bonds is 5. The van der Waals surface area contributed by atoms with Crippen molar-refractivity contribution in [3.05, 3.63) is 42.2 Å². The molecule has 0 radical (unpaired) electrons. The summed E-state index contributed by atoms with van der Waals surface area (Å²) >= 11 is 0. The number of aromatic amines is 1. The number of nitrogens with zero attached hydrogens (tertiary/aromatic N) is 1. The highest BCUT2D eigenvalue weighted by molar-refractivity contribution is 7.89. The topological polar surface area (TPSA) is 97.9 Å². The summed E-state index contributed by atoms with van der Waals surface area (Å²) < 4.78 is 42.4. The summed E-state index contributed by atoms with van der Waals surface area (Å²) in [4.78, 5) is 14.0. The minimum absolute atomic E-state index is 0.0208. The summed E-state index contributed by atoms with van der Waals surface area (Å²) in [6.45, 7) is 0.354. The van der Waals surface area contributed by atoms with Crippen LogP contribution >= 0.6 is 0 Å². The fourth-order valence-corrected chi connectivity index (χ4v) is 3.67. The van der Waals surface area contributed by atoms with E-state index in [1.54, 1.807) is 12.1 Å². The van der Waals surface area contributed by atoms with Gasteiger partial charge in [0.2, 0.25) is 10.0 Å². The maximum Gasteiger partial charge on any atom is 0.354 e. The number of hydrogen-bond acceptors (Lipinski definition) is 6. The average molecular weight is 366 g/mol. The van der Waals surface area contributed by atoms with Gasteiger partial charge in [-0.1, -0.05) is 12.1 Å². The van der Waals surface area contributed by atoms with Gasteiger partial charge in [0.25, 0.3) is 0 Å². The summed E-state index contributed by atoms with van der Waals surface area (Å²) in [6, 6.07) is 8.46. The summed E-state index contributed by atoms with van der Waals surface area (Å²) in [6.07, 6.45) is 0.819. The molecular weight excluding hydrogens is 348 g/mol. The van der Waals surface area contributed by atoms with E-state index in [1.807, 2.05) is 12.1 Å². The third-order valence-electron chi connectivity index (χ3n) is 3.80. The third-order valence-corrected chi connectivity index (χ3v) is 5.60. The summed E-state index contributed by atoms with van der Waals surface area (Å²) in [5.41, 5.74) is 0.0700. The van der Waals surface area contributed by atoms with E-state index in [0.29, 0.717) is 11.5 Å². The van der Waals surface area contributed by atoms with Crippen molar-refractivity contribution in [2.24, 2.45) is 0 Å². The summed E-state index contributed by atoms with van der Waals surface area (Å²) in [5, 5.41) is 0. The number of para-hydroxylation sites is 2. The molecular formula is C16H18N2O6S. The lowest BCUT2D eigenvalue weighted by Gasteiger charge is -2.29. The van der Waals surface area contributed by atoms with E-state index in [9.17, 15) is 13.2 Å². The van der Waals surface area contributed by atoms with Crippen LogP contribution in [0.3, 0.4) is 0 Å². The number of carbonyl (C=O) groups excluding carboxylic acids is 1. The van der Waals surface area contributed by atoms with Gasteiger partial charge in [-0.05, 0) is 18.2 Å². The Morgan fingerprint density at radius 3 is 2.80 bits per heavy atom. The predicted molar refractivity (Wildman–Crippen MR) is 88.3 cm³/mol. The van der Waals surface area contributed by atoms with E-state index in [-0.39, 0.29) is 23.7 Å². The number of likely N-dealkylation sites (N-methyl/N-ethyl adjacent to an activating group) is 1. The predicted octanol–water partition coefficient (Wildman–Crippen LogP) is 1.26. The van der Waals surface area contributed by atoms with E-state index in [2.05, 4.69) is 9.72 Å². The van der Waals surface area contributed by atoms with Crippen LogP contribution in [-0.2, 0) is 14.8 Å². The molecule has 134 valence electrons. The van der Waals surface area contributed by atoms with Gasteiger partial charge in [-0.25, -0.2) is 13.2 Å². The Labute approximate surface area is 145 Å². The molecule has 0 amide bonds. The van der Waals surface area contributed by atoms with Gasteiger partial charge in [0.15, 0.2) is 11.5 Å². The van der Waals surface area contributed by atoms with E-state index >= 15 is 0 Å². The number of methoxy groups -OCH3 is 1. The van der Waals surface area contributed by atoms with E-state index in [4.69, 9.17) is 9.47 Å². The van der Waals surface area contributed by atoms with Crippen molar-refractivity contribution >= 4 is 16.0 Å². The highest BCUT2D eigenvalue weighted by Gasteiger charge is 2.29. The number of carbonyl (C=O) groups is 1. The highest BCUT2D eigenvalue weighted by Crippen LogP contribution is 2.31. The van der Waals surface area contributed by atoms with Crippen LogP contribution in [0.2, 0.25) is 0 Å². The van der Waals surface area contributed by atoms with Gasteiger partial charge in [0, 0.05) is 13.2 Å². The van der Waals surface area contributed by atoms with Gasteiger partial charge < -0.3 is 19.2 Å². The molecule has 1 aromatic heterocycles. The number of esters is 1. The molecule has 2 heterocycles. The molecule has 0 saturated heterocycles. The Hall–Kier alpha value is -2.52. The Morgan fingerprint density at radius 1 is 1.36 bits per heavy atom. The second-order valence-corrected chi connectivity index (χ2v) is 7.57. The van der Waals surface area contributed by atoms with Crippen molar-refractivity contribution < 1.29 is 27.4 Å². The van der Waals surface area contributed by atoms with Gasteiger partial charge in [0.05, 0.1) is 13.7 Å². The van der Waals surface area contributed by atoms with Crippen molar-refractivity contribution in [2.75, 3.05) is 27.3 Å². The summed E-state index contributed by atoms with van der Waals surface area (Å²) in [5.74, 6) is 0.585. The van der Waals surface area contributed by atoms with Crippen LogP contribution in [-0.4, -0.2) is 57.1 Å². The van der Waals surface area contributed by atoms with E-state index in [1.165, 1.54) is 30.7 Å². The highest BCUT2D eigenvalue weighted by atomic mass is 32.2. The zero-order chi connectivity index (χ0) is 18.0. The molecule has 8 nitrogen and oxygen atoms in total. The zero-order valence-corrected chi connectivity index (χ0v) is 14.6. The molecule has 1 atom stereocenters. The fourth-order valence-electron chi connectivity index (χ4n) is 2.47. The number of nitrogens with one attached hydrogen (secondary N) is 1. The molecule has 0 aliphatic carbocycles. The van der Waals surface area contributed by atoms with Gasteiger partial charge in [-0.3, -0.25) is 0 Å². The molecule has 0 bridgehead atoms. The zero-order valence-electron chi connectivity index (χ0n) is 13.8. The van der Waals surface area contributed by atoms with Gasteiger partial charge in [-0.2, -0.15) is 4.31 Å². The Morgan fingerprint density at radius 2 is 2.08 bits per heavy atom. The molecule has 0 fully saturated rings. The number of fused-ring (bicyclic) bond motifs is 1. The first kappa shape index (κ1) is 17.3. The molecule has 9 heteroatoms. The Kier molecular flexibility index (Phi) is 4.69. The van der Waals surface area contributed by atoms with Crippen molar-refractivity contribution in [2.45, 2.75) is 11.0 Å². The molecule has 0 saturated carbocycles. The normalized spacial score (nSPS) is 16.7. The quantitative estimate of drug-likeness (QED) is 0.800. The van der Waals surface area contributed by atoms with E-state index in [0.717, 1.165) is 0 Å². The molecule has 2 aromatic rings. The first-order chi connectivity index (χ1) is 11.9. The Bertz CT molecular complexity index is 876. The maximum atomic E-state index is 12.6. The second kappa shape index (κ2) is 6.77. The molecule has 1 aliphatic heterocycles. The second-order valence-electron chi connectivity index (χ2n) is 5.52. The number of ether oxygens (including phenoxy) is 3. The van der Waals surface area contributed by atoms with Crippen LogP contribution in [0.1, 0.15) is 10.5 Å². The van der Waals surface area contributed by atoms with E-state index < -0.39 is 22.1 Å². The van der Waals surface area contributed by atoms with Crippen LogP contribution < -0.4 is 9.47 Å². The van der Waals surface area contributed by atoms with Crippen LogP contribution in [0.4, 0.5) is 0 Å². The van der Waals surface area contributed by atoms with Crippen LogP contribution in [0, 0.1) is 0 Å². The molecule has 1 N–H and O–H groups in total. The van der Waals surface area contributed by atoms with Crippen LogP contribution in [0.5, 0.6) is 11.5 Å².